The Kier molecular flexibility index (Phi) is 3.90. The molecule has 2 aromatic rings. The van der Waals surface area contributed by atoms with Crippen LogP contribution in [-0.4, -0.2) is 6.54 Å². The van der Waals surface area contributed by atoms with Crippen molar-refractivity contribution in [3.05, 3.63) is 61.4 Å². The predicted molar refractivity (Wildman–Crippen MR) is 69.3 cm³/mol. The van der Waals surface area contributed by atoms with Crippen LogP contribution in [-0.2, 0) is 36.6 Å². The second-order valence-corrected chi connectivity index (χ2v) is 4.61. The van der Waals surface area contributed by atoms with E-state index in [-0.39, 0.29) is 17.1 Å². The van der Waals surface area contributed by atoms with Gasteiger partial charge in [-0.2, -0.15) is 0 Å². The maximum absolute atomic E-state index is 11.4. The van der Waals surface area contributed by atoms with Gasteiger partial charge in [-0.15, -0.1) is 6.07 Å². The largest absolute Gasteiger partial charge is 0.385 e. The average molecular weight is 296 g/mol. The minimum Gasteiger partial charge on any atom is -0.385 e. The number of hydrogen-bond acceptors (Lipinski definition) is 4. The maximum Gasteiger partial charge on any atom is 0.132 e. The van der Waals surface area contributed by atoms with Crippen LogP contribution in [0.25, 0.3) is 0 Å². The predicted octanol–water partition coefficient (Wildman–Crippen LogP) is 0.102. The Morgan fingerprint density at radius 1 is 1.26 bits per heavy atom. The Labute approximate surface area is 121 Å². The molecular weight excluding hydrogens is 283 g/mol. The molecule has 0 unspecified atom stereocenters. The molecule has 1 heterocycles. The molecule has 0 aromatic heterocycles. The molecule has 0 bridgehead atoms. The quantitative estimate of drug-likeness (QED) is 0.485. The molecule has 0 saturated heterocycles. The summed E-state index contributed by atoms with van der Waals surface area (Å²) in [6.07, 6.45) is 0.882. The molecule has 2 aromatic carbocycles. The zero-order valence-corrected chi connectivity index (χ0v) is 11.5. The van der Waals surface area contributed by atoms with E-state index in [0.717, 1.165) is 18.5 Å². The van der Waals surface area contributed by atoms with Crippen molar-refractivity contribution in [3.8, 4) is 0 Å². The van der Waals surface area contributed by atoms with Crippen LogP contribution in [0.4, 0.5) is 5.69 Å². The Bertz CT molecular complexity index is 674. The normalized spacial score (nSPS) is 14.1. The van der Waals surface area contributed by atoms with Crippen molar-refractivity contribution in [3.63, 3.8) is 0 Å². The first-order chi connectivity index (χ1) is 8.69. The van der Waals surface area contributed by atoms with Crippen LogP contribution in [0, 0.1) is 6.07 Å². The molecule has 0 spiro atoms. The molecular formula is C14H13MnN2O2-. The van der Waals surface area contributed by atoms with Gasteiger partial charge in [0, 0.05) is 36.7 Å². The van der Waals surface area contributed by atoms with Gasteiger partial charge in [0.2, 0.25) is 0 Å². The molecule has 0 atom stereocenters. The number of hydrogen-bond donors (Lipinski definition) is 1. The van der Waals surface area contributed by atoms with Gasteiger partial charge in [0.05, 0.1) is 0 Å². The van der Waals surface area contributed by atoms with Crippen molar-refractivity contribution >= 4 is 5.69 Å². The van der Waals surface area contributed by atoms with E-state index in [1.54, 1.807) is 0 Å². The summed E-state index contributed by atoms with van der Waals surface area (Å²) in [6, 6.07) is 8.76. The number of nitrogens with zero attached hydrogens (tertiary/aromatic N) is 1. The zero-order valence-electron chi connectivity index (χ0n) is 10.3. The minimum absolute atomic E-state index is 0. The van der Waals surface area contributed by atoms with E-state index < -0.39 is 10.9 Å². The van der Waals surface area contributed by atoms with Crippen molar-refractivity contribution in [1.29, 1.82) is 0 Å². The summed E-state index contributed by atoms with van der Waals surface area (Å²) in [5.41, 5.74) is 8.71. The second kappa shape index (κ2) is 5.29. The van der Waals surface area contributed by atoms with Crippen molar-refractivity contribution in [2.45, 2.75) is 19.5 Å². The summed E-state index contributed by atoms with van der Waals surface area (Å²) in [4.78, 5) is 24.2. The van der Waals surface area contributed by atoms with Crippen LogP contribution in [0.1, 0.15) is 16.7 Å². The third kappa shape index (κ3) is 2.37. The SMILES string of the molecule is NCc1ccc2c(c1)CN(c1[c-]c(=O)c1=O)CC2.[Mn]. The van der Waals surface area contributed by atoms with Gasteiger partial charge in [0.25, 0.3) is 0 Å². The van der Waals surface area contributed by atoms with Gasteiger partial charge in [-0.05, 0) is 28.8 Å². The maximum atomic E-state index is 11.4. The van der Waals surface area contributed by atoms with Crippen LogP contribution in [0.2, 0.25) is 0 Å². The molecule has 19 heavy (non-hydrogen) atoms. The van der Waals surface area contributed by atoms with Gasteiger partial charge in [-0.25, -0.2) is 0 Å². The van der Waals surface area contributed by atoms with E-state index in [9.17, 15) is 9.59 Å². The smallest absolute Gasteiger partial charge is 0.132 e. The third-order valence-corrected chi connectivity index (χ3v) is 3.49. The van der Waals surface area contributed by atoms with Gasteiger partial charge in [-0.1, -0.05) is 18.2 Å². The molecule has 3 rings (SSSR count). The van der Waals surface area contributed by atoms with Gasteiger partial charge in [-0.3, -0.25) is 0 Å². The van der Waals surface area contributed by atoms with E-state index in [1.165, 1.54) is 11.1 Å². The van der Waals surface area contributed by atoms with Crippen LogP contribution >= 0.6 is 0 Å². The van der Waals surface area contributed by atoms with Crippen molar-refractivity contribution in [1.82, 2.24) is 0 Å². The Balaban J connectivity index is 0.00000133. The van der Waals surface area contributed by atoms with E-state index in [1.807, 2.05) is 11.0 Å². The molecule has 4 nitrogen and oxygen atoms in total. The number of nitrogens with two attached hydrogens (primary N) is 1. The summed E-state index contributed by atoms with van der Waals surface area (Å²) in [5.74, 6) is 0. The molecule has 0 aliphatic carbocycles. The molecule has 0 fully saturated rings. The molecule has 0 amide bonds. The number of benzene rings is 1. The van der Waals surface area contributed by atoms with Crippen LogP contribution in [0.3, 0.4) is 0 Å². The summed E-state index contributed by atoms with van der Waals surface area (Å²) < 4.78 is 0. The van der Waals surface area contributed by atoms with E-state index in [2.05, 4.69) is 18.2 Å². The molecule has 1 radical (unpaired) electrons. The summed E-state index contributed by atoms with van der Waals surface area (Å²) >= 11 is 0. The standard InChI is InChI=1S/C14H13N2O2.Mn/c15-7-9-1-2-10-3-4-16(8-11(10)5-9)12-6-13(17)14(12)18;/h1-2,5H,3-4,7-8,15H2;/q-1;. The first kappa shape index (κ1) is 14.0. The van der Waals surface area contributed by atoms with Gasteiger partial charge in [0.15, 0.2) is 0 Å². The Morgan fingerprint density at radius 2 is 2.05 bits per heavy atom. The minimum atomic E-state index is -0.508. The third-order valence-electron chi connectivity index (χ3n) is 3.49. The zero-order chi connectivity index (χ0) is 12.7. The monoisotopic (exact) mass is 296 g/mol. The second-order valence-electron chi connectivity index (χ2n) is 4.61. The number of rotatable bonds is 2. The Hall–Kier alpha value is -1.42. The van der Waals surface area contributed by atoms with E-state index in [4.69, 9.17) is 5.73 Å². The first-order valence-electron chi connectivity index (χ1n) is 5.97. The van der Waals surface area contributed by atoms with Gasteiger partial charge < -0.3 is 20.2 Å². The van der Waals surface area contributed by atoms with Crippen LogP contribution in [0.5, 0.6) is 0 Å². The fourth-order valence-corrected chi connectivity index (χ4v) is 2.42. The van der Waals surface area contributed by atoms with E-state index in [0.29, 0.717) is 18.8 Å². The molecule has 0 saturated carbocycles. The summed E-state index contributed by atoms with van der Waals surface area (Å²) in [5, 5.41) is 0. The van der Waals surface area contributed by atoms with Crippen molar-refractivity contribution < 1.29 is 17.1 Å². The fourth-order valence-electron chi connectivity index (χ4n) is 2.42. The van der Waals surface area contributed by atoms with E-state index >= 15 is 0 Å². The van der Waals surface area contributed by atoms with Crippen molar-refractivity contribution in [2.24, 2.45) is 5.73 Å². The number of anilines is 1. The average Bonchev–Trinajstić information content (AvgIpc) is 2.43. The molecule has 5 heteroatoms. The van der Waals surface area contributed by atoms with Crippen molar-refractivity contribution in [2.75, 3.05) is 11.4 Å². The molecule has 1 aliphatic heterocycles. The molecule has 2 N–H and O–H groups in total. The Morgan fingerprint density at radius 3 is 2.68 bits per heavy atom. The summed E-state index contributed by atoms with van der Waals surface area (Å²) in [6.45, 7) is 1.93. The van der Waals surface area contributed by atoms with Gasteiger partial charge in [0.1, 0.15) is 10.9 Å². The molecule has 99 valence electrons. The fraction of sp³-hybridized carbons (Fsp3) is 0.286. The summed E-state index contributed by atoms with van der Waals surface area (Å²) in [7, 11) is 0. The van der Waals surface area contributed by atoms with Crippen LogP contribution < -0.4 is 21.5 Å². The molecule has 1 aliphatic rings. The van der Waals surface area contributed by atoms with Gasteiger partial charge >= 0.3 is 0 Å². The topological polar surface area (TPSA) is 63.4 Å². The number of fused-ring (bicyclic) bond motifs is 1. The first-order valence-corrected chi connectivity index (χ1v) is 5.97. The van der Waals surface area contributed by atoms with Crippen LogP contribution in [0.15, 0.2) is 27.8 Å².